The number of aryl methyl sites for hydroxylation is 2. The summed E-state index contributed by atoms with van der Waals surface area (Å²) in [4.78, 5) is 9.48. The molecule has 0 fully saturated rings. The lowest BCUT2D eigenvalue weighted by Crippen LogP contribution is -1.92. The molecule has 0 unspecified atom stereocenters. The second-order valence-corrected chi connectivity index (χ2v) is 8.66. The average Bonchev–Trinajstić information content (AvgIpc) is 2.92. The molecule has 0 N–H and O–H groups in total. The number of aromatic nitrogens is 2. The summed E-state index contributed by atoms with van der Waals surface area (Å²) in [5.41, 5.74) is 11.4. The van der Waals surface area contributed by atoms with E-state index in [9.17, 15) is 0 Å². The van der Waals surface area contributed by atoms with Crippen molar-refractivity contribution in [2.75, 3.05) is 0 Å². The number of pyridine rings is 2. The molecule has 0 atom stereocenters. The van der Waals surface area contributed by atoms with Crippen molar-refractivity contribution in [1.82, 2.24) is 9.97 Å². The highest BCUT2D eigenvalue weighted by molar-refractivity contribution is 5.84. The first-order valence-electron chi connectivity index (χ1n) is 12.1. The Labute approximate surface area is 207 Å². The second kappa shape index (κ2) is 10.3. The molecule has 2 heterocycles. The molecule has 0 spiro atoms. The van der Waals surface area contributed by atoms with Crippen LogP contribution in [0.5, 0.6) is 0 Å². The molecule has 5 aromatic rings. The van der Waals surface area contributed by atoms with Gasteiger partial charge >= 0.3 is 0 Å². The van der Waals surface area contributed by atoms with E-state index in [0.717, 1.165) is 45.6 Å². The average molecular weight is 453 g/mol. The molecule has 0 amide bonds. The maximum atomic E-state index is 4.84. The highest BCUT2D eigenvalue weighted by Crippen LogP contribution is 2.30. The number of benzene rings is 3. The molecule has 0 aliphatic heterocycles. The lowest BCUT2D eigenvalue weighted by atomic mass is 9.97. The fraction of sp³-hybridized carbons (Fsp3) is 0.0909. The number of rotatable bonds is 6. The summed E-state index contributed by atoms with van der Waals surface area (Å²) in [5, 5.41) is 0. The largest absolute Gasteiger partial charge is 0.256 e. The van der Waals surface area contributed by atoms with E-state index in [0.29, 0.717) is 0 Å². The van der Waals surface area contributed by atoms with Crippen molar-refractivity contribution in [1.29, 1.82) is 0 Å². The van der Waals surface area contributed by atoms with Crippen LogP contribution in [0, 0.1) is 6.92 Å². The second-order valence-electron chi connectivity index (χ2n) is 8.66. The van der Waals surface area contributed by atoms with Crippen LogP contribution in [0.2, 0.25) is 0 Å². The molecule has 0 radical (unpaired) electrons. The molecular weight excluding hydrogens is 424 g/mol. The minimum atomic E-state index is 0.980. The van der Waals surface area contributed by atoms with Crippen molar-refractivity contribution in [3.63, 3.8) is 0 Å². The summed E-state index contributed by atoms with van der Waals surface area (Å²) in [6, 6.07) is 33.7. The molecule has 0 aliphatic carbocycles. The van der Waals surface area contributed by atoms with Crippen molar-refractivity contribution in [2.24, 2.45) is 0 Å². The summed E-state index contributed by atoms with van der Waals surface area (Å²) in [5.74, 6) is 0. The van der Waals surface area contributed by atoms with Crippen LogP contribution >= 0.6 is 0 Å². The molecule has 35 heavy (non-hydrogen) atoms. The molecular formula is C33H28N2. The zero-order chi connectivity index (χ0) is 24.0. The Bertz CT molecular complexity index is 1480. The molecule has 3 aromatic carbocycles. The predicted molar refractivity (Wildman–Crippen MR) is 148 cm³/mol. The van der Waals surface area contributed by atoms with Crippen molar-refractivity contribution >= 4 is 12.2 Å². The Morgan fingerprint density at radius 1 is 0.629 bits per heavy atom. The van der Waals surface area contributed by atoms with Gasteiger partial charge < -0.3 is 0 Å². The maximum absolute atomic E-state index is 4.84. The van der Waals surface area contributed by atoms with Gasteiger partial charge in [-0.25, -0.2) is 0 Å². The third-order valence-electron chi connectivity index (χ3n) is 6.34. The monoisotopic (exact) mass is 452 g/mol. The zero-order valence-electron chi connectivity index (χ0n) is 20.1. The summed E-state index contributed by atoms with van der Waals surface area (Å²) < 4.78 is 0. The van der Waals surface area contributed by atoms with E-state index in [1.807, 2.05) is 18.5 Å². The van der Waals surface area contributed by atoms with Crippen molar-refractivity contribution in [3.05, 3.63) is 132 Å². The Hall–Kier alpha value is -4.30. The summed E-state index contributed by atoms with van der Waals surface area (Å²) in [6.45, 7) is 4.32. The Morgan fingerprint density at radius 3 is 1.86 bits per heavy atom. The van der Waals surface area contributed by atoms with Crippen LogP contribution in [0.3, 0.4) is 0 Å². The van der Waals surface area contributed by atoms with E-state index in [-0.39, 0.29) is 0 Å². The summed E-state index contributed by atoms with van der Waals surface area (Å²) in [6.07, 6.45) is 9.25. The van der Waals surface area contributed by atoms with Gasteiger partial charge in [0.25, 0.3) is 0 Å². The van der Waals surface area contributed by atoms with E-state index < -0.39 is 0 Å². The number of nitrogens with zero attached hydrogens (tertiary/aromatic N) is 2. The van der Waals surface area contributed by atoms with E-state index in [1.54, 1.807) is 0 Å². The van der Waals surface area contributed by atoms with Crippen LogP contribution in [0.25, 0.3) is 45.8 Å². The summed E-state index contributed by atoms with van der Waals surface area (Å²) >= 11 is 0. The first kappa shape index (κ1) is 22.5. The Morgan fingerprint density at radius 2 is 1.23 bits per heavy atom. The van der Waals surface area contributed by atoms with Crippen molar-refractivity contribution < 1.29 is 0 Å². The van der Waals surface area contributed by atoms with Gasteiger partial charge in [0.1, 0.15) is 0 Å². The van der Waals surface area contributed by atoms with Gasteiger partial charge in [0.15, 0.2) is 0 Å². The van der Waals surface area contributed by atoms with Crippen molar-refractivity contribution in [2.45, 2.75) is 20.3 Å². The fourth-order valence-electron chi connectivity index (χ4n) is 4.40. The molecule has 0 bridgehead atoms. The lowest BCUT2D eigenvalue weighted by molar-refractivity contribution is 1.12. The quantitative estimate of drug-likeness (QED) is 0.241. The van der Waals surface area contributed by atoms with Gasteiger partial charge in [-0.1, -0.05) is 97.9 Å². The topological polar surface area (TPSA) is 25.8 Å². The SMILES string of the molecule is CCc1ccnc(-c2ccccc2/C=C/c2ccccc2-c2cc(C)c(-c3ccccc3)cn2)c1. The maximum Gasteiger partial charge on any atom is 0.0711 e. The van der Waals surface area contributed by atoms with Gasteiger partial charge in [-0.3, -0.25) is 9.97 Å². The highest BCUT2D eigenvalue weighted by atomic mass is 14.7. The van der Waals surface area contributed by atoms with Gasteiger partial charge in [-0.15, -0.1) is 0 Å². The molecule has 2 aromatic heterocycles. The van der Waals surface area contributed by atoms with Crippen LogP contribution < -0.4 is 0 Å². The molecule has 0 saturated heterocycles. The fourth-order valence-corrected chi connectivity index (χ4v) is 4.40. The normalized spacial score (nSPS) is 11.1. The number of hydrogen-bond acceptors (Lipinski definition) is 2. The Balaban J connectivity index is 1.50. The molecule has 2 heteroatoms. The molecule has 0 saturated carbocycles. The van der Waals surface area contributed by atoms with Gasteiger partial charge in [0, 0.05) is 29.1 Å². The summed E-state index contributed by atoms with van der Waals surface area (Å²) in [7, 11) is 0. The smallest absolute Gasteiger partial charge is 0.0711 e. The van der Waals surface area contributed by atoms with E-state index in [1.165, 1.54) is 16.7 Å². The van der Waals surface area contributed by atoms with Crippen LogP contribution in [0.15, 0.2) is 109 Å². The van der Waals surface area contributed by atoms with Crippen LogP contribution in [-0.4, -0.2) is 9.97 Å². The van der Waals surface area contributed by atoms with Gasteiger partial charge in [0.2, 0.25) is 0 Å². The van der Waals surface area contributed by atoms with Crippen LogP contribution in [-0.2, 0) is 6.42 Å². The third-order valence-corrected chi connectivity index (χ3v) is 6.34. The first-order valence-corrected chi connectivity index (χ1v) is 12.1. The van der Waals surface area contributed by atoms with Crippen LogP contribution in [0.1, 0.15) is 29.2 Å². The van der Waals surface area contributed by atoms with E-state index in [2.05, 4.69) is 122 Å². The standard InChI is InChI=1S/C33H28N2/c1-3-25-19-20-34-33(22-25)30-16-10-8-14-28(30)18-17-27-13-7-9-15-29(27)32-21-24(2)31(23-35-32)26-11-5-4-6-12-26/h4-23H,3H2,1-2H3/b18-17+. The van der Waals surface area contributed by atoms with Gasteiger partial charge in [-0.05, 0) is 59.4 Å². The van der Waals surface area contributed by atoms with E-state index in [4.69, 9.17) is 4.98 Å². The highest BCUT2D eigenvalue weighted by Gasteiger charge is 2.09. The van der Waals surface area contributed by atoms with Gasteiger partial charge in [0.05, 0.1) is 11.4 Å². The van der Waals surface area contributed by atoms with E-state index >= 15 is 0 Å². The minimum absolute atomic E-state index is 0.980. The zero-order valence-corrected chi connectivity index (χ0v) is 20.1. The van der Waals surface area contributed by atoms with Crippen molar-refractivity contribution in [3.8, 4) is 33.6 Å². The molecule has 0 aliphatic rings. The molecule has 5 rings (SSSR count). The lowest BCUT2D eigenvalue weighted by Gasteiger charge is -2.11. The first-order chi connectivity index (χ1) is 17.2. The minimum Gasteiger partial charge on any atom is -0.256 e. The van der Waals surface area contributed by atoms with Crippen LogP contribution in [0.4, 0.5) is 0 Å². The Kier molecular flexibility index (Phi) is 6.63. The molecule has 170 valence electrons. The molecule has 2 nitrogen and oxygen atoms in total. The van der Waals surface area contributed by atoms with Gasteiger partial charge in [-0.2, -0.15) is 0 Å². The number of hydrogen-bond donors (Lipinski definition) is 0. The predicted octanol–water partition coefficient (Wildman–Crippen LogP) is 8.52. The third kappa shape index (κ3) is 4.97.